The first-order valence-electron chi connectivity index (χ1n) is 12.7. The predicted molar refractivity (Wildman–Crippen MR) is 129 cm³/mol. The zero-order chi connectivity index (χ0) is 24.0. The minimum atomic E-state index is -1.39. The maximum absolute atomic E-state index is 11.1. The van der Waals surface area contributed by atoms with Gasteiger partial charge in [0.1, 0.15) is 11.2 Å². The number of aliphatic hydroxyl groups excluding tert-OH is 2. The summed E-state index contributed by atoms with van der Waals surface area (Å²) in [6, 6.07) is 0. The topological polar surface area (TPSA) is 90.2 Å². The molecule has 0 saturated carbocycles. The summed E-state index contributed by atoms with van der Waals surface area (Å²) in [7, 11) is 0. The van der Waals surface area contributed by atoms with Crippen LogP contribution >= 0.6 is 0 Å². The minimum absolute atomic E-state index is 0.0691. The van der Waals surface area contributed by atoms with Crippen molar-refractivity contribution in [2.75, 3.05) is 26.4 Å². The Balaban J connectivity index is 4.81. The Morgan fingerprint density at radius 3 is 1.16 bits per heavy atom. The van der Waals surface area contributed by atoms with Gasteiger partial charge in [-0.05, 0) is 23.7 Å². The highest BCUT2D eigenvalue weighted by Crippen LogP contribution is 2.39. The van der Waals surface area contributed by atoms with E-state index in [0.29, 0.717) is 0 Å². The molecular weight excluding hydrogens is 392 g/mol. The number of hydrogen-bond donors (Lipinski definition) is 4. The standard InChI is InChI=1S/C26H54O5/c1-7-9-11-13-15-17-23(3,4)25(29,19-27)21-31-22-26(30,20-28)24(5,6)18-16-14-12-10-8-2/h27-30H,7-22H2,1-6H3. The van der Waals surface area contributed by atoms with Crippen LogP contribution in [0.4, 0.5) is 0 Å². The number of unbranched alkanes of at least 4 members (excludes halogenated alkanes) is 8. The van der Waals surface area contributed by atoms with Gasteiger partial charge in [0.15, 0.2) is 0 Å². The molecule has 0 aliphatic rings. The summed E-state index contributed by atoms with van der Waals surface area (Å²) in [5, 5.41) is 42.2. The number of aliphatic hydroxyl groups is 4. The number of hydrogen-bond acceptors (Lipinski definition) is 5. The van der Waals surface area contributed by atoms with Gasteiger partial charge in [-0.3, -0.25) is 0 Å². The van der Waals surface area contributed by atoms with Gasteiger partial charge in [-0.25, -0.2) is 0 Å². The minimum Gasteiger partial charge on any atom is -0.393 e. The Labute approximate surface area is 192 Å². The van der Waals surface area contributed by atoms with Crippen LogP contribution in [0.5, 0.6) is 0 Å². The monoisotopic (exact) mass is 446 g/mol. The molecule has 0 amide bonds. The van der Waals surface area contributed by atoms with Crippen molar-refractivity contribution in [1.29, 1.82) is 0 Å². The zero-order valence-electron chi connectivity index (χ0n) is 21.5. The van der Waals surface area contributed by atoms with E-state index in [2.05, 4.69) is 13.8 Å². The highest BCUT2D eigenvalue weighted by Gasteiger charge is 2.46. The van der Waals surface area contributed by atoms with Crippen LogP contribution < -0.4 is 0 Å². The lowest BCUT2D eigenvalue weighted by atomic mass is 9.71. The predicted octanol–water partition coefficient (Wildman–Crippen LogP) is 5.22. The molecule has 31 heavy (non-hydrogen) atoms. The third-order valence-corrected chi connectivity index (χ3v) is 7.54. The van der Waals surface area contributed by atoms with Crippen molar-refractivity contribution >= 4 is 0 Å². The highest BCUT2D eigenvalue weighted by atomic mass is 16.5. The van der Waals surface area contributed by atoms with Crippen molar-refractivity contribution < 1.29 is 25.2 Å². The number of ether oxygens (including phenoxy) is 1. The third-order valence-electron chi connectivity index (χ3n) is 7.54. The lowest BCUT2D eigenvalue weighted by Crippen LogP contribution is -2.55. The Morgan fingerprint density at radius 1 is 0.548 bits per heavy atom. The summed E-state index contributed by atoms with van der Waals surface area (Å²) in [5.41, 5.74) is -3.81. The van der Waals surface area contributed by atoms with Crippen LogP contribution in [0.1, 0.15) is 119 Å². The first-order valence-corrected chi connectivity index (χ1v) is 12.7. The molecule has 0 bridgehead atoms. The van der Waals surface area contributed by atoms with E-state index in [1.807, 2.05) is 27.7 Å². The zero-order valence-corrected chi connectivity index (χ0v) is 21.5. The smallest absolute Gasteiger partial charge is 0.116 e. The maximum Gasteiger partial charge on any atom is 0.116 e. The van der Waals surface area contributed by atoms with Crippen LogP contribution in [-0.4, -0.2) is 58.1 Å². The molecule has 0 saturated heterocycles. The molecule has 0 radical (unpaired) electrons. The second-order valence-corrected chi connectivity index (χ2v) is 11.0. The lowest BCUT2D eigenvalue weighted by Gasteiger charge is -2.44. The SMILES string of the molecule is CCCCCCCC(C)(C)C(O)(CO)COCC(O)(CO)C(C)(C)CCCCCCC. The van der Waals surface area contributed by atoms with Gasteiger partial charge < -0.3 is 25.2 Å². The van der Waals surface area contributed by atoms with Crippen molar-refractivity contribution in [3.8, 4) is 0 Å². The van der Waals surface area contributed by atoms with E-state index < -0.39 is 35.2 Å². The second-order valence-electron chi connectivity index (χ2n) is 11.0. The van der Waals surface area contributed by atoms with Crippen molar-refractivity contribution in [1.82, 2.24) is 0 Å². The molecule has 0 fully saturated rings. The van der Waals surface area contributed by atoms with Crippen LogP contribution in [0.3, 0.4) is 0 Å². The Morgan fingerprint density at radius 2 is 0.871 bits per heavy atom. The van der Waals surface area contributed by atoms with Crippen LogP contribution in [0.15, 0.2) is 0 Å². The molecule has 0 aromatic rings. The quantitative estimate of drug-likeness (QED) is 0.192. The molecule has 0 aliphatic heterocycles. The fourth-order valence-corrected chi connectivity index (χ4v) is 4.11. The van der Waals surface area contributed by atoms with Gasteiger partial charge >= 0.3 is 0 Å². The summed E-state index contributed by atoms with van der Waals surface area (Å²) >= 11 is 0. The van der Waals surface area contributed by atoms with Gasteiger partial charge in [-0.2, -0.15) is 0 Å². The molecule has 0 heterocycles. The fourth-order valence-electron chi connectivity index (χ4n) is 4.11. The molecule has 2 unspecified atom stereocenters. The Kier molecular flexibility index (Phi) is 14.8. The fraction of sp³-hybridized carbons (Fsp3) is 1.00. The number of rotatable bonds is 20. The van der Waals surface area contributed by atoms with Crippen LogP contribution in [0, 0.1) is 10.8 Å². The first kappa shape index (κ1) is 30.8. The van der Waals surface area contributed by atoms with Crippen molar-refractivity contribution in [3.05, 3.63) is 0 Å². The van der Waals surface area contributed by atoms with E-state index in [-0.39, 0.29) is 13.2 Å². The molecule has 0 rings (SSSR count). The van der Waals surface area contributed by atoms with E-state index in [1.165, 1.54) is 38.5 Å². The average molecular weight is 447 g/mol. The van der Waals surface area contributed by atoms with Crippen LogP contribution in [-0.2, 0) is 4.74 Å². The van der Waals surface area contributed by atoms with Crippen molar-refractivity contribution in [2.45, 2.75) is 130 Å². The van der Waals surface area contributed by atoms with Crippen LogP contribution in [0.2, 0.25) is 0 Å². The summed E-state index contributed by atoms with van der Waals surface area (Å²) in [6.07, 6.45) is 13.1. The third kappa shape index (κ3) is 10.1. The Bertz CT molecular complexity index is 411. The second kappa shape index (κ2) is 14.8. The summed E-state index contributed by atoms with van der Waals surface area (Å²) in [5.74, 6) is 0. The van der Waals surface area contributed by atoms with E-state index in [1.54, 1.807) is 0 Å². The molecule has 4 N–H and O–H groups in total. The lowest BCUT2D eigenvalue weighted by molar-refractivity contribution is -0.189. The van der Waals surface area contributed by atoms with Gasteiger partial charge in [0.05, 0.1) is 26.4 Å². The normalized spacial score (nSPS) is 16.8. The van der Waals surface area contributed by atoms with Crippen LogP contribution in [0.25, 0.3) is 0 Å². The molecule has 0 spiro atoms. The molecule has 0 aliphatic carbocycles. The van der Waals surface area contributed by atoms with E-state index in [9.17, 15) is 20.4 Å². The molecule has 0 aromatic heterocycles. The van der Waals surface area contributed by atoms with Crippen molar-refractivity contribution in [3.63, 3.8) is 0 Å². The summed E-state index contributed by atoms with van der Waals surface area (Å²) in [6.45, 7) is 11.3. The van der Waals surface area contributed by atoms with Gasteiger partial charge in [0.2, 0.25) is 0 Å². The van der Waals surface area contributed by atoms with Gasteiger partial charge in [-0.15, -0.1) is 0 Å². The molecule has 0 aromatic carbocycles. The molecule has 5 nitrogen and oxygen atoms in total. The van der Waals surface area contributed by atoms with E-state index in [4.69, 9.17) is 4.74 Å². The summed E-state index contributed by atoms with van der Waals surface area (Å²) in [4.78, 5) is 0. The average Bonchev–Trinajstić information content (AvgIpc) is 2.72. The van der Waals surface area contributed by atoms with Crippen molar-refractivity contribution in [2.24, 2.45) is 10.8 Å². The van der Waals surface area contributed by atoms with Gasteiger partial charge in [0, 0.05) is 0 Å². The van der Waals surface area contributed by atoms with Gasteiger partial charge in [-0.1, -0.05) is 106 Å². The van der Waals surface area contributed by atoms with E-state index in [0.717, 1.165) is 38.5 Å². The molecule has 2 atom stereocenters. The summed E-state index contributed by atoms with van der Waals surface area (Å²) < 4.78 is 5.79. The molecular formula is C26H54O5. The van der Waals surface area contributed by atoms with E-state index >= 15 is 0 Å². The highest BCUT2D eigenvalue weighted by molar-refractivity contribution is 4.96. The largest absolute Gasteiger partial charge is 0.393 e. The Hall–Kier alpha value is -0.200. The van der Waals surface area contributed by atoms with Gasteiger partial charge in [0.25, 0.3) is 0 Å². The first-order chi connectivity index (χ1) is 14.4. The maximum atomic E-state index is 11.1. The molecule has 188 valence electrons. The molecule has 5 heteroatoms.